The molecule has 15 nitrogen and oxygen atoms in total. The summed E-state index contributed by atoms with van der Waals surface area (Å²) in [6.07, 6.45) is -2.60. The average Bonchev–Trinajstić information content (AvgIpc) is 3.13. The lowest BCUT2D eigenvalue weighted by molar-refractivity contribution is -0.340. The van der Waals surface area contributed by atoms with Gasteiger partial charge in [0.2, 0.25) is 18.3 Å². The van der Waals surface area contributed by atoms with Gasteiger partial charge in [0.25, 0.3) is 5.91 Å². The minimum absolute atomic E-state index is 0.0353. The van der Waals surface area contributed by atoms with Crippen molar-refractivity contribution in [3.63, 3.8) is 0 Å². The molecule has 2 fully saturated rings. The number of esters is 1. The van der Waals surface area contributed by atoms with E-state index in [9.17, 15) is 35.1 Å². The minimum Gasteiger partial charge on any atom is -0.504 e. The van der Waals surface area contributed by atoms with E-state index in [1.165, 1.54) is 45.8 Å². The second-order valence-electron chi connectivity index (χ2n) is 12.6. The van der Waals surface area contributed by atoms with E-state index < -0.39 is 61.4 Å². The van der Waals surface area contributed by atoms with Crippen LogP contribution in [-0.4, -0.2) is 114 Å². The Morgan fingerprint density at radius 3 is 2.37 bits per heavy atom. The lowest BCUT2D eigenvalue weighted by Crippen LogP contribution is -2.61. The maximum atomic E-state index is 13.8. The number of fused-ring (bicyclic) bond motifs is 4. The molecule has 0 aromatic heterocycles. The number of carbonyl (C=O) groups excluding carboxylic acids is 2. The Balaban J connectivity index is 1.23. The molecule has 0 spiro atoms. The Morgan fingerprint density at radius 1 is 1.02 bits per heavy atom. The van der Waals surface area contributed by atoms with Gasteiger partial charge < -0.3 is 63.6 Å². The van der Waals surface area contributed by atoms with E-state index in [4.69, 9.17) is 33.2 Å². The number of phenols is 2. The number of methoxy groups -OCH3 is 3. The van der Waals surface area contributed by atoms with Crippen LogP contribution in [0.3, 0.4) is 0 Å². The van der Waals surface area contributed by atoms with Crippen LogP contribution in [0.25, 0.3) is 6.08 Å². The molecule has 6 rings (SSSR count). The molecule has 0 saturated carbocycles. The topological polar surface area (TPSA) is 203 Å². The number of nitrogens with zero attached hydrogens (tertiary/aromatic N) is 1. The first kappa shape index (κ1) is 36.0. The number of aromatic hydroxyl groups is 2. The Morgan fingerprint density at radius 2 is 1.73 bits per heavy atom. The van der Waals surface area contributed by atoms with Crippen LogP contribution < -0.4 is 14.2 Å². The fraction of sp³-hybridized carbons (Fsp3) is 0.444. The van der Waals surface area contributed by atoms with Gasteiger partial charge in [-0.05, 0) is 59.9 Å². The summed E-state index contributed by atoms with van der Waals surface area (Å²) >= 11 is 0. The number of amides is 1. The Bertz CT molecular complexity index is 1700. The van der Waals surface area contributed by atoms with E-state index in [-0.39, 0.29) is 34.9 Å². The lowest BCUT2D eigenvalue weighted by Gasteiger charge is -2.49. The third-order valence-electron chi connectivity index (χ3n) is 9.82. The number of piperidine rings is 1. The number of ether oxygens (including phenoxy) is 7. The van der Waals surface area contributed by atoms with Crippen LogP contribution in [0.1, 0.15) is 29.2 Å². The quantitative estimate of drug-likeness (QED) is 0.135. The molecule has 2 aromatic rings. The van der Waals surface area contributed by atoms with Gasteiger partial charge in [0.05, 0.1) is 45.8 Å². The molecular weight excluding hydrogens is 670 g/mol. The number of carbonyl (C=O) groups is 2. The standard InChI is InChI=1S/C36H41NO14/c1-5-19-21-13-23-20-14-24(39)25(45-2)12-18(20)8-9-37(23)34(44)22(21)16-48-35(19)51-36-33(32(43)31(42)28(15-38)49-36)50-29(40)7-6-17-10-26(46-3)30(41)27(11-17)47-4/h5-7,10-12,14,16,19,21,23,28,31-33,35-36,38-39,41-43H,1,8-9,13,15H2,2-4H3. The zero-order valence-electron chi connectivity index (χ0n) is 28.2. The van der Waals surface area contributed by atoms with Crippen LogP contribution in [0.4, 0.5) is 0 Å². The molecule has 9 atom stereocenters. The number of phenolic OH excluding ortho intramolecular Hbond substituents is 2. The average molecular weight is 712 g/mol. The summed E-state index contributed by atoms with van der Waals surface area (Å²) in [5.74, 6) is -1.96. The number of aliphatic hydroxyl groups is 3. The highest BCUT2D eigenvalue weighted by molar-refractivity contribution is 5.95. The molecule has 4 aliphatic heterocycles. The van der Waals surface area contributed by atoms with Crippen molar-refractivity contribution in [3.05, 3.63) is 71.5 Å². The molecule has 2 aromatic carbocycles. The molecule has 0 bridgehead atoms. The molecule has 9 unspecified atom stereocenters. The fourth-order valence-electron chi connectivity index (χ4n) is 7.16. The third-order valence-corrected chi connectivity index (χ3v) is 9.82. The van der Waals surface area contributed by atoms with E-state index in [2.05, 4.69) is 6.58 Å². The van der Waals surface area contributed by atoms with Crippen LogP contribution in [0, 0.1) is 11.8 Å². The van der Waals surface area contributed by atoms with Crippen molar-refractivity contribution in [2.45, 2.75) is 55.9 Å². The molecule has 15 heteroatoms. The van der Waals surface area contributed by atoms with E-state index >= 15 is 0 Å². The summed E-state index contributed by atoms with van der Waals surface area (Å²) in [5, 5.41) is 52.3. The zero-order valence-corrected chi connectivity index (χ0v) is 28.2. The minimum atomic E-state index is -1.74. The number of aliphatic hydroxyl groups excluding tert-OH is 3. The molecule has 5 N–H and O–H groups in total. The summed E-state index contributed by atoms with van der Waals surface area (Å²) in [7, 11) is 4.19. The van der Waals surface area contributed by atoms with E-state index in [0.29, 0.717) is 36.3 Å². The van der Waals surface area contributed by atoms with Gasteiger partial charge in [-0.2, -0.15) is 0 Å². The number of hydrogen-bond donors (Lipinski definition) is 5. The first-order chi connectivity index (χ1) is 24.5. The highest BCUT2D eigenvalue weighted by atomic mass is 16.8. The first-order valence-corrected chi connectivity index (χ1v) is 16.3. The van der Waals surface area contributed by atoms with Gasteiger partial charge in [-0.3, -0.25) is 4.79 Å². The van der Waals surface area contributed by atoms with Gasteiger partial charge in [0.15, 0.2) is 29.1 Å². The maximum absolute atomic E-state index is 13.8. The van der Waals surface area contributed by atoms with Crippen LogP contribution >= 0.6 is 0 Å². The zero-order chi connectivity index (χ0) is 36.6. The van der Waals surface area contributed by atoms with Crippen LogP contribution in [0.2, 0.25) is 0 Å². The van der Waals surface area contributed by atoms with Crippen LogP contribution in [0.15, 0.2) is 54.8 Å². The molecule has 4 heterocycles. The van der Waals surface area contributed by atoms with Gasteiger partial charge >= 0.3 is 5.97 Å². The summed E-state index contributed by atoms with van der Waals surface area (Å²) in [5.41, 5.74) is 2.60. The molecule has 274 valence electrons. The van der Waals surface area contributed by atoms with Crippen molar-refractivity contribution in [3.8, 4) is 28.7 Å². The second-order valence-corrected chi connectivity index (χ2v) is 12.6. The van der Waals surface area contributed by atoms with E-state index in [0.717, 1.165) is 17.2 Å². The molecule has 1 amide bonds. The predicted octanol–water partition coefficient (Wildman–Crippen LogP) is 1.69. The van der Waals surface area contributed by atoms with Gasteiger partial charge in [0.1, 0.15) is 18.3 Å². The monoisotopic (exact) mass is 711 g/mol. The third kappa shape index (κ3) is 6.70. The maximum Gasteiger partial charge on any atom is 0.331 e. The Labute approximate surface area is 293 Å². The molecule has 2 saturated heterocycles. The normalized spacial score (nSPS) is 29.9. The van der Waals surface area contributed by atoms with E-state index in [1.54, 1.807) is 23.1 Å². The first-order valence-electron chi connectivity index (χ1n) is 16.3. The molecule has 0 aliphatic carbocycles. The summed E-state index contributed by atoms with van der Waals surface area (Å²) in [4.78, 5) is 28.6. The van der Waals surface area contributed by atoms with Crippen molar-refractivity contribution in [1.82, 2.24) is 4.90 Å². The highest BCUT2D eigenvalue weighted by Gasteiger charge is 2.52. The number of hydrogen-bond acceptors (Lipinski definition) is 14. The molecule has 4 aliphatic rings. The van der Waals surface area contributed by atoms with Gasteiger partial charge in [-0.15, -0.1) is 6.58 Å². The lowest BCUT2D eigenvalue weighted by atomic mass is 9.73. The highest BCUT2D eigenvalue weighted by Crippen LogP contribution is 2.49. The SMILES string of the molecule is C=CC1C(OC2OC(CO)C(O)C(O)C2OC(=O)C=Cc2cc(OC)c(O)c(OC)c2)OC=C2C(=O)N3CCc4cc(OC)c(O)cc4C3CC21. The van der Waals surface area contributed by atoms with Gasteiger partial charge in [-0.1, -0.05) is 6.08 Å². The smallest absolute Gasteiger partial charge is 0.331 e. The van der Waals surface area contributed by atoms with Crippen LogP contribution in [0.5, 0.6) is 28.7 Å². The van der Waals surface area contributed by atoms with Gasteiger partial charge in [0, 0.05) is 24.5 Å². The number of rotatable bonds is 10. The summed E-state index contributed by atoms with van der Waals surface area (Å²) in [6.45, 7) is 3.75. The molecule has 0 radical (unpaired) electrons. The number of benzene rings is 2. The van der Waals surface area contributed by atoms with Crippen molar-refractivity contribution >= 4 is 18.0 Å². The van der Waals surface area contributed by atoms with Crippen molar-refractivity contribution in [1.29, 1.82) is 0 Å². The Hall–Kier alpha value is -4.80. The second kappa shape index (κ2) is 14.8. The van der Waals surface area contributed by atoms with Crippen molar-refractivity contribution in [2.75, 3.05) is 34.5 Å². The molecular formula is C36H41NO14. The largest absolute Gasteiger partial charge is 0.504 e. The summed E-state index contributed by atoms with van der Waals surface area (Å²) < 4.78 is 39.0. The van der Waals surface area contributed by atoms with Gasteiger partial charge in [-0.25, -0.2) is 4.79 Å². The fourth-order valence-corrected chi connectivity index (χ4v) is 7.16. The Kier molecular flexibility index (Phi) is 10.5. The predicted molar refractivity (Wildman–Crippen MR) is 177 cm³/mol. The van der Waals surface area contributed by atoms with Crippen molar-refractivity contribution in [2.24, 2.45) is 11.8 Å². The van der Waals surface area contributed by atoms with Crippen molar-refractivity contribution < 1.29 is 68.3 Å². The summed E-state index contributed by atoms with van der Waals surface area (Å²) in [6, 6.07) is 5.96. The van der Waals surface area contributed by atoms with E-state index in [1.807, 2.05) is 0 Å². The van der Waals surface area contributed by atoms with Crippen LogP contribution in [-0.2, 0) is 35.0 Å². The molecule has 51 heavy (non-hydrogen) atoms.